The van der Waals surface area contributed by atoms with Crippen LogP contribution in [0.1, 0.15) is 104 Å². The van der Waals surface area contributed by atoms with E-state index in [0.717, 1.165) is 27.6 Å². The molecular formula is C47H47N7O9. The fraction of sp³-hybridized carbons (Fsp3) is 0.362. The van der Waals surface area contributed by atoms with Gasteiger partial charge in [0.1, 0.15) is 17.1 Å². The molecule has 1 amide bonds. The number of cyclic esters (lactones) is 1. The number of fused-ring (bicyclic) bond motifs is 6. The number of hydrogen-bond donors (Lipinski definition) is 5. The van der Waals surface area contributed by atoms with E-state index >= 15 is 0 Å². The van der Waals surface area contributed by atoms with Gasteiger partial charge in [0.25, 0.3) is 5.56 Å². The molecule has 324 valence electrons. The van der Waals surface area contributed by atoms with E-state index in [1.54, 1.807) is 16.7 Å². The number of likely N-dealkylation sites (tertiary alicyclic amines) is 1. The van der Waals surface area contributed by atoms with E-state index in [9.17, 15) is 39.9 Å². The van der Waals surface area contributed by atoms with Crippen LogP contribution in [0.5, 0.6) is 17.5 Å². The Morgan fingerprint density at radius 3 is 2.33 bits per heavy atom. The van der Waals surface area contributed by atoms with Gasteiger partial charge in [-0.2, -0.15) is 0 Å². The molecule has 7 heterocycles. The minimum absolute atomic E-state index is 0.0404. The fourth-order valence-electron chi connectivity index (χ4n) is 10.5. The molecule has 0 unspecified atom stereocenters. The number of phenols is 2. The van der Waals surface area contributed by atoms with Crippen LogP contribution in [-0.4, -0.2) is 84.8 Å². The third-order valence-electron chi connectivity index (χ3n) is 14.0. The van der Waals surface area contributed by atoms with Crippen molar-refractivity contribution in [1.29, 1.82) is 0 Å². The maximum absolute atomic E-state index is 14.3. The molecule has 10 rings (SSSR count). The Bertz CT molecular complexity index is 2980. The van der Waals surface area contributed by atoms with E-state index in [0.29, 0.717) is 91.1 Å². The van der Waals surface area contributed by atoms with Gasteiger partial charge in [-0.15, -0.1) is 5.10 Å². The number of ether oxygens (including phenoxy) is 1. The summed E-state index contributed by atoms with van der Waals surface area (Å²) in [4.78, 5) is 48.2. The predicted molar refractivity (Wildman–Crippen MR) is 229 cm³/mol. The number of benzene rings is 3. The molecular weight excluding hydrogens is 807 g/mol. The molecule has 0 spiro atoms. The molecule has 16 nitrogen and oxygen atoms in total. The number of hydrogen-bond acceptors (Lipinski definition) is 12. The number of aromatic hydroxyl groups is 3. The standard InChI is InChI=1S/C47H47N7O9/c1-5-47(6-2)38-33(40(57)43(59)63-47)19-35-39-28(23-53(35)42(38)58)15-26-16-29(8-10-34(26)48-39)46(11-13-51(14-12-46)45(61)62)52-21-25-7-9-30(17-27(25)22-52)54-41(49-50-44(54)60)32-18-31(24(3)4)36(55)20-37(32)56/h7-10,15-20,24,40,55-57H,5-6,11-14,21-23H2,1-4H3,(H,50,60)(H,61,62)/t40-/m0/s1. The normalized spacial score (nSPS) is 18.6. The number of amides is 1. The summed E-state index contributed by atoms with van der Waals surface area (Å²) >= 11 is 0. The number of carbonyl (C=O) groups is 2. The van der Waals surface area contributed by atoms with Gasteiger partial charge in [0.15, 0.2) is 11.9 Å². The molecule has 16 heteroatoms. The van der Waals surface area contributed by atoms with Crippen molar-refractivity contribution in [2.24, 2.45) is 0 Å². The van der Waals surface area contributed by atoms with Crippen molar-refractivity contribution in [3.05, 3.63) is 110 Å². The molecule has 4 aliphatic heterocycles. The number of carboxylic acid groups (broad SMARTS) is 1. The minimum atomic E-state index is -1.57. The van der Waals surface area contributed by atoms with Crippen LogP contribution in [0.4, 0.5) is 4.79 Å². The van der Waals surface area contributed by atoms with E-state index in [4.69, 9.17) is 9.72 Å². The van der Waals surface area contributed by atoms with Crippen LogP contribution in [0.3, 0.4) is 0 Å². The van der Waals surface area contributed by atoms with Crippen molar-refractivity contribution < 1.29 is 39.9 Å². The number of aromatic nitrogens is 5. The number of carbonyl (C=O) groups excluding carboxylic acids is 1. The molecule has 3 aromatic carbocycles. The summed E-state index contributed by atoms with van der Waals surface area (Å²) in [6.07, 6.45) is -0.704. The highest BCUT2D eigenvalue weighted by Crippen LogP contribution is 2.47. The van der Waals surface area contributed by atoms with Crippen molar-refractivity contribution >= 4 is 23.0 Å². The van der Waals surface area contributed by atoms with E-state index in [1.165, 1.54) is 15.5 Å². The number of piperidine rings is 1. The average Bonchev–Trinajstić information content (AvgIpc) is 3.98. The lowest BCUT2D eigenvalue weighted by atomic mass is 9.79. The predicted octanol–water partition coefficient (Wildman–Crippen LogP) is 6.50. The molecule has 6 aromatic rings. The summed E-state index contributed by atoms with van der Waals surface area (Å²) in [6, 6.07) is 18.3. The van der Waals surface area contributed by atoms with Crippen molar-refractivity contribution in [3.63, 3.8) is 0 Å². The number of aliphatic hydroxyl groups excluding tert-OH is 1. The first-order valence-electron chi connectivity index (χ1n) is 21.4. The minimum Gasteiger partial charge on any atom is -0.508 e. The lowest BCUT2D eigenvalue weighted by molar-refractivity contribution is -0.177. The van der Waals surface area contributed by atoms with Gasteiger partial charge in [0.2, 0.25) is 0 Å². The topological polar surface area (TPSA) is 217 Å². The van der Waals surface area contributed by atoms with Gasteiger partial charge in [-0.25, -0.2) is 19.1 Å². The van der Waals surface area contributed by atoms with Gasteiger partial charge >= 0.3 is 18.1 Å². The number of nitrogens with zero attached hydrogens (tertiary/aromatic N) is 7. The van der Waals surface area contributed by atoms with E-state index in [-0.39, 0.29) is 46.9 Å². The molecule has 63 heavy (non-hydrogen) atoms. The number of phenolic OH excluding ortho intramolecular Hbond substituents is 2. The quantitative estimate of drug-likeness (QED) is 0.108. The van der Waals surface area contributed by atoms with Crippen LogP contribution in [0.15, 0.2) is 65.5 Å². The first kappa shape index (κ1) is 40.3. The zero-order chi connectivity index (χ0) is 44.3. The Balaban J connectivity index is 1.01. The summed E-state index contributed by atoms with van der Waals surface area (Å²) in [6.45, 7) is 9.60. The zero-order valence-electron chi connectivity index (χ0n) is 35.3. The lowest BCUT2D eigenvalue weighted by Crippen LogP contribution is -2.52. The molecule has 0 saturated carbocycles. The molecule has 1 fully saturated rings. The Kier molecular flexibility index (Phi) is 9.20. The van der Waals surface area contributed by atoms with Gasteiger partial charge in [0.05, 0.1) is 45.8 Å². The smallest absolute Gasteiger partial charge is 0.407 e. The van der Waals surface area contributed by atoms with Crippen LogP contribution in [-0.2, 0) is 40.3 Å². The van der Waals surface area contributed by atoms with Crippen molar-refractivity contribution in [2.45, 2.75) is 96.2 Å². The Morgan fingerprint density at radius 1 is 0.873 bits per heavy atom. The first-order valence-corrected chi connectivity index (χ1v) is 21.4. The fourth-order valence-corrected chi connectivity index (χ4v) is 10.5. The van der Waals surface area contributed by atoms with E-state index in [1.807, 2.05) is 58.0 Å². The van der Waals surface area contributed by atoms with Gasteiger partial charge in [-0.05, 0) is 96.3 Å². The molecule has 0 bridgehead atoms. The summed E-state index contributed by atoms with van der Waals surface area (Å²) in [5.41, 5.74) is 5.81. The SMILES string of the molecule is CCC1(CC)OC(=O)[C@@H](O)c2cc3n(c(=O)c21)Cc1cc2cc(C4(N5Cc6ccc(-n7c(O)nnc7-c7cc(C(C)C)c(O)cc7O)cc6C5)CCN(C(=O)O)CC4)ccc2nc1-3. The van der Waals surface area contributed by atoms with Gasteiger partial charge in [-0.3, -0.25) is 9.69 Å². The summed E-state index contributed by atoms with van der Waals surface area (Å²) in [5.74, 6) is -0.858. The van der Waals surface area contributed by atoms with E-state index < -0.39 is 29.3 Å². The first-order chi connectivity index (χ1) is 30.2. The maximum Gasteiger partial charge on any atom is 0.407 e. The Labute approximate surface area is 361 Å². The summed E-state index contributed by atoms with van der Waals surface area (Å²) < 4.78 is 8.85. The Hall–Kier alpha value is -6.78. The number of esters is 1. The molecule has 5 N–H and O–H groups in total. The van der Waals surface area contributed by atoms with Crippen LogP contribution >= 0.6 is 0 Å². The molecule has 1 atom stereocenters. The molecule has 1 saturated heterocycles. The second kappa shape index (κ2) is 14.4. The van der Waals surface area contributed by atoms with Crippen LogP contribution < -0.4 is 5.56 Å². The van der Waals surface area contributed by atoms with Crippen LogP contribution in [0, 0.1) is 0 Å². The highest BCUT2D eigenvalue weighted by Gasteiger charge is 2.48. The van der Waals surface area contributed by atoms with Crippen molar-refractivity contribution in [2.75, 3.05) is 13.1 Å². The molecule has 0 radical (unpaired) electrons. The second-order valence-corrected chi connectivity index (χ2v) is 17.5. The zero-order valence-corrected chi connectivity index (χ0v) is 35.3. The molecule has 4 aliphatic rings. The van der Waals surface area contributed by atoms with Crippen LogP contribution in [0.2, 0.25) is 0 Å². The van der Waals surface area contributed by atoms with Crippen molar-refractivity contribution in [1.82, 2.24) is 34.1 Å². The largest absolute Gasteiger partial charge is 0.508 e. The number of rotatable bonds is 7. The number of aliphatic hydroxyl groups is 1. The molecule has 0 aliphatic carbocycles. The Morgan fingerprint density at radius 2 is 1.62 bits per heavy atom. The second-order valence-electron chi connectivity index (χ2n) is 17.5. The lowest BCUT2D eigenvalue weighted by Gasteiger charge is -2.47. The summed E-state index contributed by atoms with van der Waals surface area (Å²) in [5, 5.41) is 62.3. The number of pyridine rings is 2. The van der Waals surface area contributed by atoms with E-state index in [2.05, 4.69) is 27.2 Å². The van der Waals surface area contributed by atoms with Crippen molar-refractivity contribution in [3.8, 4) is 46.0 Å². The highest BCUT2D eigenvalue weighted by molar-refractivity contribution is 5.86. The monoisotopic (exact) mass is 853 g/mol. The van der Waals surface area contributed by atoms with Gasteiger partial charge < -0.3 is 39.7 Å². The molecule has 3 aromatic heterocycles. The van der Waals surface area contributed by atoms with Gasteiger partial charge in [0, 0.05) is 48.8 Å². The third-order valence-corrected chi connectivity index (χ3v) is 14.0. The maximum atomic E-state index is 14.3. The third kappa shape index (κ3) is 6.02. The summed E-state index contributed by atoms with van der Waals surface area (Å²) in [7, 11) is 0. The highest BCUT2D eigenvalue weighted by atomic mass is 16.6. The van der Waals surface area contributed by atoms with Gasteiger partial charge in [-0.1, -0.05) is 44.9 Å². The van der Waals surface area contributed by atoms with Crippen LogP contribution in [0.25, 0.3) is 39.4 Å². The average molecular weight is 854 g/mol.